The highest BCUT2D eigenvalue weighted by Crippen LogP contribution is 2.56. The fraction of sp³-hybridized carbons (Fsp3) is 0.636. The summed E-state index contributed by atoms with van der Waals surface area (Å²) in [5, 5.41) is 23.0. The molecule has 28 heavy (non-hydrogen) atoms. The smallest absolute Gasteiger partial charge is 0.410 e. The average Bonchev–Trinajstić information content (AvgIpc) is 3.12. The molecule has 1 amide bonds. The second-order valence-electron chi connectivity index (χ2n) is 9.31. The first-order valence-corrected chi connectivity index (χ1v) is 10.5. The molecule has 5 fully saturated rings. The first-order chi connectivity index (χ1) is 13.5. The highest BCUT2D eigenvalue weighted by atomic mass is 16.6. The second-order valence-corrected chi connectivity index (χ2v) is 9.31. The Labute approximate surface area is 165 Å². The van der Waals surface area contributed by atoms with E-state index >= 15 is 0 Å². The van der Waals surface area contributed by atoms with E-state index in [9.17, 15) is 9.90 Å². The van der Waals surface area contributed by atoms with Gasteiger partial charge in [-0.25, -0.2) is 4.79 Å². The number of rotatable bonds is 3. The summed E-state index contributed by atoms with van der Waals surface area (Å²) in [5.41, 5.74) is 1.11. The van der Waals surface area contributed by atoms with Crippen molar-refractivity contribution >= 4 is 11.8 Å². The van der Waals surface area contributed by atoms with Gasteiger partial charge in [0, 0.05) is 24.8 Å². The number of amides is 1. The lowest BCUT2D eigenvalue weighted by molar-refractivity contribution is -0.177. The number of ether oxygens (including phenoxy) is 1. The largest absolute Gasteiger partial charge is 0.446 e. The SMILES string of the molecule is N#Cc1ccc(NC2CCN(C(=O)OC3[C@@H]4CC5C[C@@H]3CC(O)(C5)C4)C2)cc1. The molecule has 5 aliphatic rings. The van der Waals surface area contributed by atoms with Crippen molar-refractivity contribution in [2.75, 3.05) is 18.4 Å². The van der Waals surface area contributed by atoms with Gasteiger partial charge in [0.25, 0.3) is 0 Å². The molecule has 4 aliphatic carbocycles. The highest BCUT2D eigenvalue weighted by molar-refractivity contribution is 5.68. The van der Waals surface area contributed by atoms with Crippen molar-refractivity contribution in [2.24, 2.45) is 17.8 Å². The highest BCUT2D eigenvalue weighted by Gasteiger charge is 2.56. The van der Waals surface area contributed by atoms with Crippen LogP contribution >= 0.6 is 0 Å². The van der Waals surface area contributed by atoms with Gasteiger partial charge >= 0.3 is 6.09 Å². The number of nitriles is 1. The van der Waals surface area contributed by atoms with Crippen molar-refractivity contribution in [2.45, 2.75) is 56.3 Å². The Morgan fingerprint density at radius 3 is 2.57 bits per heavy atom. The third kappa shape index (κ3) is 3.22. The molecule has 0 aromatic heterocycles. The lowest BCUT2D eigenvalue weighted by Crippen LogP contribution is -2.58. The number of anilines is 1. The Kier molecular flexibility index (Phi) is 4.24. The summed E-state index contributed by atoms with van der Waals surface area (Å²) in [6.07, 6.45) is 5.38. The van der Waals surface area contributed by atoms with Gasteiger partial charge in [0.1, 0.15) is 6.10 Å². The molecule has 1 unspecified atom stereocenters. The van der Waals surface area contributed by atoms with E-state index in [0.29, 0.717) is 36.4 Å². The van der Waals surface area contributed by atoms with Crippen LogP contribution in [0.3, 0.4) is 0 Å². The molecule has 148 valence electrons. The number of nitrogens with one attached hydrogen (secondary N) is 1. The van der Waals surface area contributed by atoms with Gasteiger partial charge in [-0.3, -0.25) is 0 Å². The van der Waals surface area contributed by atoms with E-state index < -0.39 is 5.60 Å². The first-order valence-electron chi connectivity index (χ1n) is 10.5. The van der Waals surface area contributed by atoms with Gasteiger partial charge in [0.05, 0.1) is 17.2 Å². The molecule has 4 saturated carbocycles. The maximum absolute atomic E-state index is 12.8. The maximum Gasteiger partial charge on any atom is 0.410 e. The molecule has 1 aromatic carbocycles. The summed E-state index contributed by atoms with van der Waals surface area (Å²) >= 11 is 0. The predicted octanol–water partition coefficient (Wildman–Crippen LogP) is 3.12. The number of likely N-dealkylation sites (tertiary alicyclic amines) is 1. The molecule has 0 radical (unpaired) electrons. The van der Waals surface area contributed by atoms with Gasteiger partial charge < -0.3 is 20.1 Å². The Balaban J connectivity index is 1.16. The summed E-state index contributed by atoms with van der Waals surface area (Å²) in [6.45, 7) is 1.33. The molecule has 6 rings (SSSR count). The van der Waals surface area contributed by atoms with E-state index in [1.165, 1.54) is 0 Å². The van der Waals surface area contributed by atoms with Crippen molar-refractivity contribution in [3.8, 4) is 6.07 Å². The van der Waals surface area contributed by atoms with Crippen LogP contribution in [0.15, 0.2) is 24.3 Å². The summed E-state index contributed by atoms with van der Waals surface area (Å²) < 4.78 is 6.00. The van der Waals surface area contributed by atoms with E-state index in [4.69, 9.17) is 10.00 Å². The lowest BCUT2D eigenvalue weighted by Gasteiger charge is -2.57. The minimum absolute atomic E-state index is 0.0186. The van der Waals surface area contributed by atoms with Gasteiger partial charge in [0.2, 0.25) is 0 Å². The standard InChI is InChI=1S/C22H27N3O3/c23-12-14-1-3-18(4-2-14)24-19-5-6-25(13-19)21(26)28-20-16-7-15-8-17(20)11-22(27,9-15)10-16/h1-4,15-17,19-20,24,27H,5-11,13H2/t15?,16-,17-,19?,20?,22?/m1/s1. The molecule has 6 nitrogen and oxygen atoms in total. The van der Waals surface area contributed by atoms with Crippen LogP contribution in [0.4, 0.5) is 10.5 Å². The molecule has 1 heterocycles. The monoisotopic (exact) mass is 381 g/mol. The zero-order chi connectivity index (χ0) is 19.3. The molecule has 0 spiro atoms. The van der Waals surface area contributed by atoms with Crippen LogP contribution in [0.5, 0.6) is 0 Å². The number of carbonyl (C=O) groups is 1. The molecule has 1 aliphatic heterocycles. The van der Waals surface area contributed by atoms with Gasteiger partial charge in [-0.05, 0) is 80.5 Å². The lowest BCUT2D eigenvalue weighted by atomic mass is 9.53. The number of hydrogen-bond donors (Lipinski definition) is 2. The molecule has 2 N–H and O–H groups in total. The van der Waals surface area contributed by atoms with Crippen molar-refractivity contribution in [3.63, 3.8) is 0 Å². The van der Waals surface area contributed by atoms with Crippen LogP contribution in [0, 0.1) is 29.1 Å². The van der Waals surface area contributed by atoms with Gasteiger partial charge in [-0.15, -0.1) is 0 Å². The number of hydrogen-bond acceptors (Lipinski definition) is 5. The first kappa shape index (κ1) is 17.8. The Morgan fingerprint density at radius 2 is 1.93 bits per heavy atom. The van der Waals surface area contributed by atoms with Crippen LogP contribution in [-0.4, -0.2) is 46.9 Å². The number of carbonyl (C=O) groups excluding carboxylic acids is 1. The van der Waals surface area contributed by atoms with Gasteiger partial charge in [0.15, 0.2) is 0 Å². The molecule has 3 atom stereocenters. The van der Waals surface area contributed by atoms with E-state index in [-0.39, 0.29) is 18.2 Å². The predicted molar refractivity (Wildman–Crippen MR) is 104 cm³/mol. The zero-order valence-electron chi connectivity index (χ0n) is 16.0. The molecule has 4 bridgehead atoms. The van der Waals surface area contributed by atoms with Crippen molar-refractivity contribution in [3.05, 3.63) is 29.8 Å². The minimum Gasteiger partial charge on any atom is -0.446 e. The topological polar surface area (TPSA) is 85.6 Å². The molecule has 1 saturated heterocycles. The van der Waals surface area contributed by atoms with E-state index in [1.807, 2.05) is 12.1 Å². The van der Waals surface area contributed by atoms with Crippen LogP contribution < -0.4 is 5.32 Å². The fourth-order valence-corrected chi connectivity index (χ4v) is 6.24. The summed E-state index contributed by atoms with van der Waals surface area (Å²) in [4.78, 5) is 14.6. The van der Waals surface area contributed by atoms with Crippen LogP contribution in [0.25, 0.3) is 0 Å². The summed E-state index contributed by atoms with van der Waals surface area (Å²) in [5.74, 6) is 1.27. The van der Waals surface area contributed by atoms with Crippen molar-refractivity contribution in [1.82, 2.24) is 4.90 Å². The summed E-state index contributed by atoms with van der Waals surface area (Å²) in [7, 11) is 0. The van der Waals surface area contributed by atoms with E-state index in [0.717, 1.165) is 44.2 Å². The number of aliphatic hydroxyl groups is 1. The summed E-state index contributed by atoms with van der Waals surface area (Å²) in [6, 6.07) is 9.71. The number of nitrogens with zero attached hydrogens (tertiary/aromatic N) is 2. The van der Waals surface area contributed by atoms with Gasteiger partial charge in [-0.2, -0.15) is 5.26 Å². The maximum atomic E-state index is 12.8. The quantitative estimate of drug-likeness (QED) is 0.840. The van der Waals surface area contributed by atoms with Crippen LogP contribution in [0.1, 0.15) is 44.1 Å². The van der Waals surface area contributed by atoms with E-state index in [1.54, 1.807) is 17.0 Å². The van der Waals surface area contributed by atoms with Crippen molar-refractivity contribution < 1.29 is 14.6 Å². The molecule has 6 heteroatoms. The zero-order valence-corrected chi connectivity index (χ0v) is 16.0. The average molecular weight is 381 g/mol. The second kappa shape index (κ2) is 6.66. The van der Waals surface area contributed by atoms with Crippen molar-refractivity contribution in [1.29, 1.82) is 5.26 Å². The molecular weight excluding hydrogens is 354 g/mol. The third-order valence-electron chi connectivity index (χ3n) is 7.22. The minimum atomic E-state index is -0.497. The molecular formula is C22H27N3O3. The number of benzene rings is 1. The van der Waals surface area contributed by atoms with Gasteiger partial charge in [-0.1, -0.05) is 0 Å². The molecule has 1 aromatic rings. The van der Waals surface area contributed by atoms with Crippen LogP contribution in [-0.2, 0) is 4.74 Å². The normalized spacial score (nSPS) is 38.3. The Morgan fingerprint density at radius 1 is 1.21 bits per heavy atom. The fourth-order valence-electron chi connectivity index (χ4n) is 6.24. The van der Waals surface area contributed by atoms with E-state index in [2.05, 4.69) is 11.4 Å². The van der Waals surface area contributed by atoms with Crippen LogP contribution in [0.2, 0.25) is 0 Å². The third-order valence-corrected chi connectivity index (χ3v) is 7.22. The Hall–Kier alpha value is -2.26. The Bertz CT molecular complexity index is 786.